The van der Waals surface area contributed by atoms with E-state index in [1.807, 2.05) is 59.8 Å². The van der Waals surface area contributed by atoms with Crippen molar-refractivity contribution < 1.29 is 9.21 Å². The summed E-state index contributed by atoms with van der Waals surface area (Å²) in [5, 5.41) is 5.88. The van der Waals surface area contributed by atoms with Gasteiger partial charge in [0, 0.05) is 11.6 Å². The number of likely N-dealkylation sites (N-methyl/N-ethyl adjacent to an activating group) is 1. The van der Waals surface area contributed by atoms with Crippen molar-refractivity contribution in [3.63, 3.8) is 0 Å². The zero-order valence-electron chi connectivity index (χ0n) is 13.4. The molecule has 3 aromatic rings. The van der Waals surface area contributed by atoms with E-state index in [0.29, 0.717) is 6.54 Å². The van der Waals surface area contributed by atoms with Gasteiger partial charge in [-0.15, -0.1) is 11.3 Å². The Bertz CT molecular complexity index is 742. The number of hydrogen-bond acceptors (Lipinski definition) is 5. The molecule has 24 heavy (non-hydrogen) atoms. The molecule has 1 aromatic carbocycles. The zero-order chi connectivity index (χ0) is 16.8. The molecule has 2 heterocycles. The summed E-state index contributed by atoms with van der Waals surface area (Å²) in [6, 6.07) is 13.4. The van der Waals surface area contributed by atoms with Gasteiger partial charge in [0.2, 0.25) is 5.91 Å². The summed E-state index contributed by atoms with van der Waals surface area (Å²) in [6.45, 7) is 0.878. The SMILES string of the molecule is CN(CC(=O)NC(c1ccccc1)c1nccs1)Cc1ccco1. The molecule has 5 nitrogen and oxygen atoms in total. The lowest BCUT2D eigenvalue weighted by Crippen LogP contribution is -2.37. The lowest BCUT2D eigenvalue weighted by molar-refractivity contribution is -0.122. The van der Waals surface area contributed by atoms with Crippen LogP contribution in [-0.2, 0) is 11.3 Å². The smallest absolute Gasteiger partial charge is 0.235 e. The van der Waals surface area contributed by atoms with Crippen LogP contribution >= 0.6 is 11.3 Å². The number of amides is 1. The van der Waals surface area contributed by atoms with Gasteiger partial charge in [0.05, 0.1) is 19.4 Å². The Labute approximate surface area is 144 Å². The second kappa shape index (κ2) is 7.90. The van der Waals surface area contributed by atoms with E-state index in [-0.39, 0.29) is 18.5 Å². The summed E-state index contributed by atoms with van der Waals surface area (Å²) in [6.07, 6.45) is 3.39. The highest BCUT2D eigenvalue weighted by molar-refractivity contribution is 7.09. The number of hydrogen-bond donors (Lipinski definition) is 1. The molecule has 0 aliphatic carbocycles. The molecular weight excluding hydrogens is 322 g/mol. The Morgan fingerprint density at radius 1 is 1.29 bits per heavy atom. The van der Waals surface area contributed by atoms with Crippen LogP contribution in [0.5, 0.6) is 0 Å². The molecule has 6 heteroatoms. The number of nitrogens with one attached hydrogen (secondary N) is 1. The Morgan fingerprint density at radius 3 is 2.79 bits per heavy atom. The maximum Gasteiger partial charge on any atom is 0.235 e. The Balaban J connectivity index is 1.65. The van der Waals surface area contributed by atoms with Crippen molar-refractivity contribution in [2.24, 2.45) is 0 Å². The number of carbonyl (C=O) groups is 1. The van der Waals surface area contributed by atoms with Crippen molar-refractivity contribution in [3.05, 3.63) is 76.6 Å². The van der Waals surface area contributed by atoms with Crippen LogP contribution in [0.15, 0.2) is 64.7 Å². The van der Waals surface area contributed by atoms with E-state index in [1.54, 1.807) is 12.5 Å². The Morgan fingerprint density at radius 2 is 2.12 bits per heavy atom. The minimum absolute atomic E-state index is 0.0480. The number of aromatic nitrogens is 1. The summed E-state index contributed by atoms with van der Waals surface area (Å²) in [5.74, 6) is 0.790. The third-order valence-electron chi connectivity index (χ3n) is 3.56. The van der Waals surface area contributed by atoms with E-state index in [4.69, 9.17) is 4.42 Å². The average Bonchev–Trinajstić information content (AvgIpc) is 3.27. The first-order chi connectivity index (χ1) is 11.7. The van der Waals surface area contributed by atoms with E-state index in [2.05, 4.69) is 10.3 Å². The maximum atomic E-state index is 12.5. The van der Waals surface area contributed by atoms with Crippen molar-refractivity contribution in [1.29, 1.82) is 0 Å². The lowest BCUT2D eigenvalue weighted by Gasteiger charge is -2.20. The summed E-state index contributed by atoms with van der Waals surface area (Å²) < 4.78 is 5.31. The molecule has 0 bridgehead atoms. The molecule has 0 fully saturated rings. The van der Waals surface area contributed by atoms with Crippen LogP contribution in [0.1, 0.15) is 22.4 Å². The minimum Gasteiger partial charge on any atom is -0.468 e. The van der Waals surface area contributed by atoms with Gasteiger partial charge in [0.1, 0.15) is 16.8 Å². The van der Waals surface area contributed by atoms with Gasteiger partial charge in [-0.2, -0.15) is 0 Å². The molecule has 2 aromatic heterocycles. The lowest BCUT2D eigenvalue weighted by atomic mass is 10.1. The van der Waals surface area contributed by atoms with Gasteiger partial charge in [0.15, 0.2) is 0 Å². The second-order valence-electron chi connectivity index (χ2n) is 5.53. The maximum absolute atomic E-state index is 12.5. The molecule has 1 unspecified atom stereocenters. The van der Waals surface area contributed by atoms with Crippen LogP contribution in [0.2, 0.25) is 0 Å². The molecule has 0 saturated carbocycles. The number of carbonyl (C=O) groups excluding carboxylic acids is 1. The van der Waals surface area contributed by atoms with Crippen LogP contribution < -0.4 is 5.32 Å². The highest BCUT2D eigenvalue weighted by Crippen LogP contribution is 2.23. The summed E-state index contributed by atoms with van der Waals surface area (Å²) >= 11 is 1.54. The molecule has 0 aliphatic rings. The molecule has 0 aliphatic heterocycles. The Hall–Kier alpha value is -2.44. The van der Waals surface area contributed by atoms with E-state index >= 15 is 0 Å². The van der Waals surface area contributed by atoms with Crippen LogP contribution in [0.3, 0.4) is 0 Å². The molecular formula is C18H19N3O2S. The number of nitrogens with zero attached hydrogens (tertiary/aromatic N) is 2. The summed E-state index contributed by atoms with van der Waals surface area (Å²) in [4.78, 5) is 18.7. The molecule has 0 spiro atoms. The van der Waals surface area contributed by atoms with Crippen LogP contribution in [0, 0.1) is 0 Å². The summed E-state index contributed by atoms with van der Waals surface area (Å²) in [5.41, 5.74) is 1.02. The van der Waals surface area contributed by atoms with Crippen molar-refractivity contribution in [2.75, 3.05) is 13.6 Å². The number of rotatable bonds is 7. The van der Waals surface area contributed by atoms with Crippen molar-refractivity contribution in [2.45, 2.75) is 12.6 Å². The number of furan rings is 1. The molecule has 1 N–H and O–H groups in total. The molecule has 0 radical (unpaired) electrons. The van der Waals surface area contributed by atoms with Gasteiger partial charge in [0.25, 0.3) is 0 Å². The topological polar surface area (TPSA) is 58.4 Å². The van der Waals surface area contributed by atoms with E-state index in [9.17, 15) is 4.79 Å². The molecule has 3 rings (SSSR count). The van der Waals surface area contributed by atoms with Crippen LogP contribution in [-0.4, -0.2) is 29.4 Å². The molecule has 124 valence electrons. The second-order valence-corrected chi connectivity index (χ2v) is 6.46. The Kier molecular flexibility index (Phi) is 5.40. The van der Waals surface area contributed by atoms with Crippen LogP contribution in [0.25, 0.3) is 0 Å². The summed E-state index contributed by atoms with van der Waals surface area (Å²) in [7, 11) is 1.89. The van der Waals surface area contributed by atoms with Crippen molar-refractivity contribution in [1.82, 2.24) is 15.2 Å². The minimum atomic E-state index is -0.226. The van der Waals surface area contributed by atoms with E-state index in [1.165, 1.54) is 11.3 Å². The first-order valence-corrected chi connectivity index (χ1v) is 8.55. The van der Waals surface area contributed by atoms with Crippen molar-refractivity contribution in [3.8, 4) is 0 Å². The standard InChI is InChI=1S/C18H19N3O2S/c1-21(12-15-8-5-10-23-15)13-16(22)20-17(18-19-9-11-24-18)14-6-3-2-4-7-14/h2-11,17H,12-13H2,1H3,(H,20,22). The average molecular weight is 341 g/mol. The number of thiazole rings is 1. The van der Waals surface area contributed by atoms with E-state index < -0.39 is 0 Å². The van der Waals surface area contributed by atoms with Gasteiger partial charge in [-0.25, -0.2) is 4.98 Å². The zero-order valence-corrected chi connectivity index (χ0v) is 14.2. The van der Waals surface area contributed by atoms with Gasteiger partial charge in [-0.3, -0.25) is 9.69 Å². The molecule has 0 saturated heterocycles. The fourth-order valence-electron chi connectivity index (χ4n) is 2.49. The molecule has 1 atom stereocenters. The molecule has 1 amide bonds. The first-order valence-electron chi connectivity index (χ1n) is 7.67. The van der Waals surface area contributed by atoms with Gasteiger partial charge >= 0.3 is 0 Å². The highest BCUT2D eigenvalue weighted by Gasteiger charge is 2.19. The van der Waals surface area contributed by atoms with Gasteiger partial charge in [-0.05, 0) is 24.7 Å². The fraction of sp³-hybridized carbons (Fsp3) is 0.222. The predicted octanol–water partition coefficient (Wildman–Crippen LogP) is 3.07. The van der Waals surface area contributed by atoms with Gasteiger partial charge in [-0.1, -0.05) is 30.3 Å². The fourth-order valence-corrected chi connectivity index (χ4v) is 3.20. The van der Waals surface area contributed by atoms with Crippen LogP contribution in [0.4, 0.5) is 0 Å². The third kappa shape index (κ3) is 4.31. The normalized spacial score (nSPS) is 12.2. The van der Waals surface area contributed by atoms with Crippen molar-refractivity contribution >= 4 is 17.2 Å². The quantitative estimate of drug-likeness (QED) is 0.717. The van der Waals surface area contributed by atoms with Gasteiger partial charge < -0.3 is 9.73 Å². The monoisotopic (exact) mass is 341 g/mol. The third-order valence-corrected chi connectivity index (χ3v) is 4.40. The number of benzene rings is 1. The van der Waals surface area contributed by atoms with E-state index in [0.717, 1.165) is 16.3 Å². The predicted molar refractivity (Wildman–Crippen MR) is 93.6 cm³/mol. The highest BCUT2D eigenvalue weighted by atomic mass is 32.1. The largest absolute Gasteiger partial charge is 0.468 e. The first kappa shape index (κ1) is 16.4.